The van der Waals surface area contributed by atoms with Crippen LogP contribution in [0.15, 0.2) is 42.5 Å². The van der Waals surface area contributed by atoms with Crippen LogP contribution in [0, 0.1) is 21.7 Å². The van der Waals surface area contributed by atoms with E-state index in [9.17, 15) is 28.5 Å². The topological polar surface area (TPSA) is 98.5 Å². The first-order chi connectivity index (χ1) is 13.8. The number of nitro benzene ring substituents is 1. The zero-order valence-corrected chi connectivity index (χ0v) is 15.3. The maximum atomic E-state index is 14.3. The smallest absolute Gasteiger partial charge is 0.317 e. The fourth-order valence-corrected chi connectivity index (χ4v) is 3.59. The van der Waals surface area contributed by atoms with Crippen LogP contribution in [0.3, 0.4) is 0 Å². The van der Waals surface area contributed by atoms with Crippen molar-refractivity contribution in [1.82, 2.24) is 0 Å². The quantitative estimate of drug-likeness (QED) is 0.448. The third-order valence-corrected chi connectivity index (χ3v) is 5.01. The molecule has 0 atom stereocenters. The summed E-state index contributed by atoms with van der Waals surface area (Å²) in [4.78, 5) is 34.9. The molecule has 152 valence electrons. The average molecular weight is 404 g/mol. The Labute approximate surface area is 164 Å². The van der Waals surface area contributed by atoms with Crippen LogP contribution >= 0.6 is 0 Å². The molecule has 1 aliphatic rings. The Morgan fingerprint density at radius 3 is 2.45 bits per heavy atom. The van der Waals surface area contributed by atoms with E-state index in [2.05, 4.69) is 5.32 Å². The van der Waals surface area contributed by atoms with E-state index in [1.165, 1.54) is 18.2 Å². The Morgan fingerprint density at radius 1 is 1.10 bits per heavy atom. The number of halogens is 2. The number of anilines is 1. The summed E-state index contributed by atoms with van der Waals surface area (Å²) in [5, 5.41) is 12.9. The van der Waals surface area contributed by atoms with Crippen LogP contribution in [0.25, 0.3) is 0 Å². The molecule has 3 rings (SSSR count). The van der Waals surface area contributed by atoms with Gasteiger partial charge in [0, 0.05) is 17.7 Å². The molecule has 0 bridgehead atoms. The van der Waals surface area contributed by atoms with Gasteiger partial charge in [-0.3, -0.25) is 19.7 Å². The van der Waals surface area contributed by atoms with Gasteiger partial charge in [-0.2, -0.15) is 0 Å². The fraction of sp³-hybridized carbons (Fsp3) is 0.300. The Hall–Kier alpha value is -3.36. The molecular formula is C20H18F2N2O5. The number of nitro groups is 1. The lowest BCUT2D eigenvalue weighted by molar-refractivity contribution is -0.384. The molecule has 0 aliphatic heterocycles. The Balaban J connectivity index is 1.70. The predicted molar refractivity (Wildman–Crippen MR) is 99.2 cm³/mol. The van der Waals surface area contributed by atoms with Gasteiger partial charge in [0.1, 0.15) is 11.6 Å². The molecule has 9 heteroatoms. The second-order valence-corrected chi connectivity index (χ2v) is 6.81. The third-order valence-electron chi connectivity index (χ3n) is 5.01. The number of carbonyl (C=O) groups excluding carboxylic acids is 2. The number of hydrogen-bond donors (Lipinski definition) is 1. The molecule has 1 saturated carbocycles. The van der Waals surface area contributed by atoms with Gasteiger partial charge in [-0.05, 0) is 25.0 Å². The number of amides is 1. The van der Waals surface area contributed by atoms with Crippen molar-refractivity contribution >= 4 is 23.3 Å². The van der Waals surface area contributed by atoms with Gasteiger partial charge in [0.15, 0.2) is 6.61 Å². The van der Waals surface area contributed by atoms with E-state index in [1.54, 1.807) is 6.07 Å². The summed E-state index contributed by atoms with van der Waals surface area (Å²) < 4.78 is 33.2. The maximum absolute atomic E-state index is 14.3. The van der Waals surface area contributed by atoms with Crippen molar-refractivity contribution in [3.63, 3.8) is 0 Å². The second-order valence-electron chi connectivity index (χ2n) is 6.81. The molecule has 1 fully saturated rings. The lowest BCUT2D eigenvalue weighted by Crippen LogP contribution is -2.37. The van der Waals surface area contributed by atoms with Crippen molar-refractivity contribution in [2.75, 3.05) is 11.9 Å². The van der Waals surface area contributed by atoms with Crippen LogP contribution in [0.4, 0.5) is 20.2 Å². The van der Waals surface area contributed by atoms with Crippen molar-refractivity contribution in [1.29, 1.82) is 0 Å². The van der Waals surface area contributed by atoms with Crippen molar-refractivity contribution in [2.45, 2.75) is 31.1 Å². The molecule has 0 heterocycles. The lowest BCUT2D eigenvalue weighted by atomic mass is 9.78. The molecule has 1 amide bonds. The highest BCUT2D eigenvalue weighted by Crippen LogP contribution is 2.43. The Kier molecular flexibility index (Phi) is 5.86. The van der Waals surface area contributed by atoms with E-state index < -0.39 is 51.8 Å². The number of nitrogens with zero attached hydrogens (tertiary/aromatic N) is 1. The van der Waals surface area contributed by atoms with E-state index in [0.29, 0.717) is 25.7 Å². The van der Waals surface area contributed by atoms with Crippen LogP contribution in [0.1, 0.15) is 31.2 Å². The molecule has 29 heavy (non-hydrogen) atoms. The number of non-ortho nitro benzene ring substituents is 1. The van der Waals surface area contributed by atoms with Crippen LogP contribution in [-0.4, -0.2) is 23.4 Å². The standard InChI is InChI=1S/C20H18F2N2O5/c21-15-6-2-1-5-14(15)20(9-3-4-10-20)19(26)29-12-18(25)23-17-11-13(24(27)28)7-8-16(17)22/h1-2,5-8,11H,3-4,9-10,12H2,(H,23,25). The minimum atomic E-state index is -1.16. The zero-order valence-electron chi connectivity index (χ0n) is 15.3. The van der Waals surface area contributed by atoms with Gasteiger partial charge in [0.2, 0.25) is 0 Å². The minimum Gasteiger partial charge on any atom is -0.455 e. The Bertz CT molecular complexity index is 958. The first-order valence-electron chi connectivity index (χ1n) is 8.99. The summed E-state index contributed by atoms with van der Waals surface area (Å²) in [6, 6.07) is 8.62. The van der Waals surface area contributed by atoms with Crippen LogP contribution in [-0.2, 0) is 19.7 Å². The molecule has 0 saturated heterocycles. The number of esters is 1. The molecule has 0 radical (unpaired) electrons. The number of ether oxygens (including phenoxy) is 1. The van der Waals surface area contributed by atoms with Gasteiger partial charge in [-0.1, -0.05) is 31.0 Å². The number of benzene rings is 2. The summed E-state index contributed by atoms with van der Waals surface area (Å²) in [7, 11) is 0. The molecule has 0 unspecified atom stereocenters. The van der Waals surface area contributed by atoms with E-state index in [4.69, 9.17) is 4.74 Å². The highest BCUT2D eigenvalue weighted by atomic mass is 19.1. The van der Waals surface area contributed by atoms with Crippen LogP contribution < -0.4 is 5.32 Å². The average Bonchev–Trinajstić information content (AvgIpc) is 3.19. The number of carbonyl (C=O) groups is 2. The van der Waals surface area contributed by atoms with E-state index in [1.807, 2.05) is 0 Å². The molecular weight excluding hydrogens is 386 g/mol. The van der Waals surface area contributed by atoms with Crippen molar-refractivity contribution < 1.29 is 28.0 Å². The highest BCUT2D eigenvalue weighted by molar-refractivity contribution is 5.94. The molecule has 2 aromatic rings. The molecule has 1 N–H and O–H groups in total. The normalized spacial score (nSPS) is 15.0. The van der Waals surface area contributed by atoms with Crippen molar-refractivity contribution in [2.24, 2.45) is 0 Å². The monoisotopic (exact) mass is 404 g/mol. The SMILES string of the molecule is O=C(COC(=O)C1(c2ccccc2F)CCCC1)Nc1cc([N+](=O)[O-])ccc1F. The molecule has 0 spiro atoms. The van der Waals surface area contributed by atoms with Gasteiger partial charge < -0.3 is 10.1 Å². The molecule has 0 aromatic heterocycles. The highest BCUT2D eigenvalue weighted by Gasteiger charge is 2.45. The molecule has 7 nitrogen and oxygen atoms in total. The van der Waals surface area contributed by atoms with Crippen LogP contribution in [0.2, 0.25) is 0 Å². The zero-order chi connectivity index (χ0) is 21.0. The lowest BCUT2D eigenvalue weighted by Gasteiger charge is -2.27. The maximum Gasteiger partial charge on any atom is 0.317 e. The second kappa shape index (κ2) is 8.34. The summed E-state index contributed by atoms with van der Waals surface area (Å²) in [6.45, 7) is -0.725. The Morgan fingerprint density at radius 2 is 1.79 bits per heavy atom. The summed E-state index contributed by atoms with van der Waals surface area (Å²) >= 11 is 0. The summed E-state index contributed by atoms with van der Waals surface area (Å²) in [6.07, 6.45) is 2.23. The third kappa shape index (κ3) is 4.23. The number of hydrogen-bond acceptors (Lipinski definition) is 5. The summed E-state index contributed by atoms with van der Waals surface area (Å²) in [5.74, 6) is -2.97. The van der Waals surface area contributed by atoms with Gasteiger partial charge in [-0.15, -0.1) is 0 Å². The summed E-state index contributed by atoms with van der Waals surface area (Å²) in [5.41, 5.74) is -1.73. The predicted octanol–water partition coefficient (Wildman–Crippen LogP) is 3.87. The number of nitrogens with one attached hydrogen (secondary N) is 1. The first-order valence-corrected chi connectivity index (χ1v) is 8.99. The van der Waals surface area contributed by atoms with Crippen LogP contribution in [0.5, 0.6) is 0 Å². The van der Waals surface area contributed by atoms with Crippen molar-refractivity contribution in [3.05, 3.63) is 69.8 Å². The van der Waals surface area contributed by atoms with Gasteiger partial charge in [0.05, 0.1) is 16.0 Å². The van der Waals surface area contributed by atoms with Gasteiger partial charge >= 0.3 is 5.97 Å². The first kappa shape index (κ1) is 20.4. The molecule has 2 aromatic carbocycles. The van der Waals surface area contributed by atoms with Gasteiger partial charge in [-0.25, -0.2) is 8.78 Å². The van der Waals surface area contributed by atoms with Crippen molar-refractivity contribution in [3.8, 4) is 0 Å². The fourth-order valence-electron chi connectivity index (χ4n) is 3.59. The van der Waals surface area contributed by atoms with E-state index in [0.717, 1.165) is 18.2 Å². The van der Waals surface area contributed by atoms with E-state index >= 15 is 0 Å². The van der Waals surface area contributed by atoms with Gasteiger partial charge in [0.25, 0.3) is 11.6 Å². The van der Waals surface area contributed by atoms with E-state index in [-0.39, 0.29) is 5.56 Å². The molecule has 1 aliphatic carbocycles. The largest absolute Gasteiger partial charge is 0.455 e. The number of rotatable bonds is 6. The minimum absolute atomic E-state index is 0.229.